The van der Waals surface area contributed by atoms with Crippen LogP contribution in [0.3, 0.4) is 0 Å². The Labute approximate surface area is 114 Å². The maximum Gasteiger partial charge on any atom is 0.131 e. The van der Waals surface area contributed by atoms with Crippen molar-refractivity contribution in [2.24, 2.45) is 7.05 Å². The fraction of sp³-hybridized carbons (Fsp3) is 0.769. The Morgan fingerprint density at radius 2 is 2.28 bits per heavy atom. The highest BCUT2D eigenvalue weighted by atomic mass is 35.5. The number of halogens is 1. The van der Waals surface area contributed by atoms with E-state index in [1.54, 1.807) is 4.68 Å². The summed E-state index contributed by atoms with van der Waals surface area (Å²) in [7, 11) is 1.90. The lowest BCUT2D eigenvalue weighted by Crippen LogP contribution is -2.27. The van der Waals surface area contributed by atoms with Crippen molar-refractivity contribution in [2.75, 3.05) is 26.3 Å². The first-order chi connectivity index (χ1) is 8.65. The van der Waals surface area contributed by atoms with Gasteiger partial charge in [0.15, 0.2) is 0 Å². The number of ether oxygens (including phenoxy) is 1. The summed E-state index contributed by atoms with van der Waals surface area (Å²) in [4.78, 5) is 2.46. The lowest BCUT2D eigenvalue weighted by molar-refractivity contribution is 0.108. The van der Waals surface area contributed by atoms with Crippen molar-refractivity contribution in [2.45, 2.75) is 32.7 Å². The van der Waals surface area contributed by atoms with Gasteiger partial charge in [-0.25, -0.2) is 0 Å². The van der Waals surface area contributed by atoms with E-state index in [0.717, 1.165) is 37.2 Å². The number of nitrogens with zero attached hydrogens (tertiary/aromatic N) is 3. The van der Waals surface area contributed by atoms with Gasteiger partial charge in [0, 0.05) is 31.8 Å². The van der Waals surface area contributed by atoms with Gasteiger partial charge in [-0.1, -0.05) is 11.6 Å². The zero-order valence-corrected chi connectivity index (χ0v) is 12.2. The third-order valence-corrected chi connectivity index (χ3v) is 4.07. The first kappa shape index (κ1) is 13.8. The monoisotopic (exact) mass is 271 g/mol. The molecule has 0 radical (unpaired) electrons. The summed E-state index contributed by atoms with van der Waals surface area (Å²) in [5.74, 6) is 0. The number of hydrogen-bond acceptors (Lipinski definition) is 3. The van der Waals surface area contributed by atoms with Crippen LogP contribution in [-0.2, 0) is 11.8 Å². The van der Waals surface area contributed by atoms with Crippen LogP contribution < -0.4 is 0 Å². The van der Waals surface area contributed by atoms with Gasteiger partial charge in [-0.15, -0.1) is 0 Å². The highest BCUT2D eigenvalue weighted by Gasteiger charge is 2.30. The molecule has 0 aliphatic carbocycles. The number of likely N-dealkylation sites (tertiary alicyclic amines) is 1. The van der Waals surface area contributed by atoms with E-state index in [2.05, 4.69) is 10.00 Å². The predicted octanol–water partition coefficient (Wildman–Crippen LogP) is 2.56. The molecule has 0 saturated carbocycles. The first-order valence-electron chi connectivity index (χ1n) is 6.66. The molecule has 1 aliphatic heterocycles. The minimum absolute atomic E-state index is 0.409. The minimum atomic E-state index is 0.409. The van der Waals surface area contributed by atoms with Crippen LogP contribution in [0.1, 0.15) is 37.1 Å². The van der Waals surface area contributed by atoms with Crippen molar-refractivity contribution in [3.63, 3.8) is 0 Å². The van der Waals surface area contributed by atoms with E-state index < -0.39 is 0 Å². The number of aryl methyl sites for hydroxylation is 2. The number of aromatic nitrogens is 2. The Hall–Kier alpha value is -0.580. The molecule has 1 fully saturated rings. The van der Waals surface area contributed by atoms with Crippen LogP contribution in [-0.4, -0.2) is 41.0 Å². The molecule has 1 aromatic rings. The van der Waals surface area contributed by atoms with Crippen LogP contribution in [0.15, 0.2) is 0 Å². The average Bonchev–Trinajstić information content (AvgIpc) is 2.86. The Morgan fingerprint density at radius 1 is 1.50 bits per heavy atom. The van der Waals surface area contributed by atoms with Crippen molar-refractivity contribution in [3.05, 3.63) is 16.4 Å². The summed E-state index contributed by atoms with van der Waals surface area (Å²) in [5, 5.41) is 5.19. The second-order valence-corrected chi connectivity index (χ2v) is 5.16. The van der Waals surface area contributed by atoms with Gasteiger partial charge >= 0.3 is 0 Å². The maximum absolute atomic E-state index is 6.36. The van der Waals surface area contributed by atoms with E-state index in [-0.39, 0.29) is 0 Å². The van der Waals surface area contributed by atoms with E-state index in [9.17, 15) is 0 Å². The van der Waals surface area contributed by atoms with Gasteiger partial charge < -0.3 is 4.74 Å². The molecule has 0 N–H and O–H groups in total. The average molecular weight is 272 g/mol. The van der Waals surface area contributed by atoms with E-state index in [0.29, 0.717) is 6.04 Å². The van der Waals surface area contributed by atoms with Crippen molar-refractivity contribution in [1.29, 1.82) is 0 Å². The van der Waals surface area contributed by atoms with Crippen LogP contribution in [0.25, 0.3) is 0 Å². The molecule has 4 nitrogen and oxygen atoms in total. The maximum atomic E-state index is 6.36. The molecule has 2 heterocycles. The molecule has 1 aliphatic rings. The van der Waals surface area contributed by atoms with Gasteiger partial charge in [-0.3, -0.25) is 9.58 Å². The van der Waals surface area contributed by atoms with Gasteiger partial charge in [0.25, 0.3) is 0 Å². The molecule has 0 spiro atoms. The van der Waals surface area contributed by atoms with Crippen molar-refractivity contribution in [1.82, 2.24) is 14.7 Å². The standard InChI is InChI=1S/C13H22ClN3O/c1-4-18-9-8-17-7-5-6-11(17)12-10(2)15-16(3)13(12)14/h11H,4-9H2,1-3H3/t11-/m0/s1. The quantitative estimate of drug-likeness (QED) is 0.771. The summed E-state index contributed by atoms with van der Waals surface area (Å²) < 4.78 is 7.22. The third kappa shape index (κ3) is 2.71. The molecule has 0 bridgehead atoms. The predicted molar refractivity (Wildman–Crippen MR) is 73.0 cm³/mol. The van der Waals surface area contributed by atoms with E-state index >= 15 is 0 Å². The molecular formula is C13H22ClN3O. The molecule has 18 heavy (non-hydrogen) atoms. The molecular weight excluding hydrogens is 250 g/mol. The normalized spacial score (nSPS) is 20.8. The Bertz CT molecular complexity index is 405. The molecule has 0 amide bonds. The zero-order valence-electron chi connectivity index (χ0n) is 11.4. The molecule has 0 unspecified atom stereocenters. The smallest absolute Gasteiger partial charge is 0.131 e. The molecule has 5 heteroatoms. The highest BCUT2D eigenvalue weighted by molar-refractivity contribution is 6.30. The lowest BCUT2D eigenvalue weighted by Gasteiger charge is -2.24. The number of hydrogen-bond donors (Lipinski definition) is 0. The highest BCUT2D eigenvalue weighted by Crippen LogP contribution is 2.37. The van der Waals surface area contributed by atoms with Gasteiger partial charge in [-0.05, 0) is 33.2 Å². The zero-order chi connectivity index (χ0) is 13.1. The first-order valence-corrected chi connectivity index (χ1v) is 7.03. The van der Waals surface area contributed by atoms with Crippen LogP contribution >= 0.6 is 11.6 Å². The molecule has 1 aromatic heterocycles. The Kier molecular flexibility index (Phi) is 4.65. The summed E-state index contributed by atoms with van der Waals surface area (Å²) in [6, 6.07) is 0.409. The lowest BCUT2D eigenvalue weighted by atomic mass is 10.1. The van der Waals surface area contributed by atoms with Gasteiger partial charge in [0.1, 0.15) is 5.15 Å². The summed E-state index contributed by atoms with van der Waals surface area (Å²) in [6.07, 6.45) is 2.39. The van der Waals surface area contributed by atoms with Crippen molar-refractivity contribution in [3.8, 4) is 0 Å². The molecule has 102 valence electrons. The van der Waals surface area contributed by atoms with Crippen LogP contribution in [0.5, 0.6) is 0 Å². The Morgan fingerprint density at radius 3 is 2.89 bits per heavy atom. The largest absolute Gasteiger partial charge is 0.380 e. The second-order valence-electron chi connectivity index (χ2n) is 4.80. The third-order valence-electron chi connectivity index (χ3n) is 3.62. The van der Waals surface area contributed by atoms with Gasteiger partial charge in [0.2, 0.25) is 0 Å². The van der Waals surface area contributed by atoms with Crippen LogP contribution in [0.2, 0.25) is 5.15 Å². The Balaban J connectivity index is 2.10. The molecule has 1 atom stereocenters. The molecule has 2 rings (SSSR count). The SMILES string of the molecule is CCOCCN1CCC[C@H]1c1c(C)nn(C)c1Cl. The van der Waals surface area contributed by atoms with Gasteiger partial charge in [-0.2, -0.15) is 5.10 Å². The van der Waals surface area contributed by atoms with E-state index in [4.69, 9.17) is 16.3 Å². The number of rotatable bonds is 5. The minimum Gasteiger partial charge on any atom is -0.380 e. The fourth-order valence-electron chi connectivity index (χ4n) is 2.77. The van der Waals surface area contributed by atoms with Crippen LogP contribution in [0.4, 0.5) is 0 Å². The van der Waals surface area contributed by atoms with Crippen molar-refractivity contribution >= 4 is 11.6 Å². The summed E-state index contributed by atoms with van der Waals surface area (Å²) in [6.45, 7) is 7.75. The van der Waals surface area contributed by atoms with E-state index in [1.807, 2.05) is 20.9 Å². The summed E-state index contributed by atoms with van der Waals surface area (Å²) >= 11 is 6.36. The topological polar surface area (TPSA) is 30.3 Å². The summed E-state index contributed by atoms with van der Waals surface area (Å²) in [5.41, 5.74) is 2.25. The second kappa shape index (κ2) is 6.04. The van der Waals surface area contributed by atoms with Crippen molar-refractivity contribution < 1.29 is 4.74 Å². The van der Waals surface area contributed by atoms with Crippen LogP contribution in [0, 0.1) is 6.92 Å². The van der Waals surface area contributed by atoms with E-state index in [1.165, 1.54) is 18.4 Å². The van der Waals surface area contributed by atoms with Gasteiger partial charge in [0.05, 0.1) is 12.3 Å². The molecule has 1 saturated heterocycles. The molecule has 0 aromatic carbocycles. The fourth-order valence-corrected chi connectivity index (χ4v) is 3.07.